The number of pyridine rings is 1. The maximum atomic E-state index is 12.5. The molecule has 3 aromatic rings. The van der Waals surface area contributed by atoms with Crippen molar-refractivity contribution in [3.8, 4) is 0 Å². The number of piperazine rings is 1. The summed E-state index contributed by atoms with van der Waals surface area (Å²) in [4.78, 5) is 26.3. The highest BCUT2D eigenvalue weighted by Gasteiger charge is 2.32. The lowest BCUT2D eigenvalue weighted by Crippen LogP contribution is -2.50. The largest absolute Gasteiger partial charge is 0.444 e. The predicted octanol–water partition coefficient (Wildman–Crippen LogP) is 4.96. The number of benzene rings is 2. The second-order valence-corrected chi connectivity index (χ2v) is 13.3. The van der Waals surface area contributed by atoms with Crippen molar-refractivity contribution >= 4 is 34.1 Å². The Labute approximate surface area is 255 Å². The van der Waals surface area contributed by atoms with Gasteiger partial charge in [0.05, 0.1) is 23.4 Å². The van der Waals surface area contributed by atoms with Crippen molar-refractivity contribution in [3.63, 3.8) is 0 Å². The van der Waals surface area contributed by atoms with Crippen molar-refractivity contribution in [2.75, 3.05) is 74.4 Å². The van der Waals surface area contributed by atoms with Crippen LogP contribution in [0, 0.1) is 0 Å². The minimum Gasteiger partial charge on any atom is -0.444 e. The number of carbonyl (C=O) groups is 1. The SMILES string of the molecule is C[C@@H]1CN(c2ccc(N)c3ncccc23)C[C@H](CN2CCC(c3cccc(N4CCN(C(=O)OC(C)(C)C)CC4)c3)C2)O1. The first-order valence-electron chi connectivity index (χ1n) is 15.7. The first-order chi connectivity index (χ1) is 20.6. The van der Waals surface area contributed by atoms with Crippen LogP contribution in [0.1, 0.15) is 45.6 Å². The highest BCUT2D eigenvalue weighted by Crippen LogP contribution is 2.33. The summed E-state index contributed by atoms with van der Waals surface area (Å²) < 4.78 is 12.0. The summed E-state index contributed by atoms with van der Waals surface area (Å²) in [6, 6.07) is 17.2. The van der Waals surface area contributed by atoms with E-state index < -0.39 is 5.60 Å². The van der Waals surface area contributed by atoms with Gasteiger partial charge >= 0.3 is 6.09 Å². The summed E-state index contributed by atoms with van der Waals surface area (Å²) in [5.74, 6) is 0.507. The molecule has 3 fully saturated rings. The number of ether oxygens (including phenoxy) is 2. The lowest BCUT2D eigenvalue weighted by Gasteiger charge is -2.40. The van der Waals surface area contributed by atoms with E-state index in [0.717, 1.165) is 63.1 Å². The van der Waals surface area contributed by atoms with E-state index in [-0.39, 0.29) is 18.3 Å². The third-order valence-electron chi connectivity index (χ3n) is 8.82. The number of rotatable bonds is 5. The Bertz CT molecular complexity index is 1430. The van der Waals surface area contributed by atoms with E-state index in [0.29, 0.717) is 24.7 Å². The number of amides is 1. The maximum absolute atomic E-state index is 12.5. The van der Waals surface area contributed by atoms with Gasteiger partial charge in [-0.3, -0.25) is 4.98 Å². The Morgan fingerprint density at radius 2 is 1.81 bits per heavy atom. The molecule has 9 nitrogen and oxygen atoms in total. The Balaban J connectivity index is 1.05. The molecule has 3 atom stereocenters. The first kappa shape index (κ1) is 29.5. The third-order valence-corrected chi connectivity index (χ3v) is 8.82. The zero-order valence-corrected chi connectivity index (χ0v) is 26.0. The average molecular weight is 587 g/mol. The Morgan fingerprint density at radius 1 is 1.00 bits per heavy atom. The molecule has 0 saturated carbocycles. The molecule has 230 valence electrons. The zero-order valence-electron chi connectivity index (χ0n) is 26.0. The van der Waals surface area contributed by atoms with Gasteiger partial charge in [0, 0.05) is 75.3 Å². The second kappa shape index (κ2) is 12.2. The molecule has 1 amide bonds. The lowest BCUT2D eigenvalue weighted by atomic mass is 9.97. The van der Waals surface area contributed by atoms with E-state index in [2.05, 4.69) is 63.0 Å². The third kappa shape index (κ3) is 6.83. The number of hydrogen-bond acceptors (Lipinski definition) is 8. The van der Waals surface area contributed by atoms with Gasteiger partial charge in [0.25, 0.3) is 0 Å². The zero-order chi connectivity index (χ0) is 30.1. The first-order valence-corrected chi connectivity index (χ1v) is 15.7. The van der Waals surface area contributed by atoms with Gasteiger partial charge in [0.2, 0.25) is 0 Å². The molecule has 3 aliphatic heterocycles. The molecule has 3 saturated heterocycles. The van der Waals surface area contributed by atoms with Gasteiger partial charge in [0.1, 0.15) is 5.60 Å². The summed E-state index contributed by atoms with van der Waals surface area (Å²) in [5.41, 5.74) is 11.2. The number of nitrogens with zero attached hydrogens (tertiary/aromatic N) is 5. The molecule has 1 aromatic heterocycles. The average Bonchev–Trinajstić information content (AvgIpc) is 3.45. The van der Waals surface area contributed by atoms with Crippen molar-refractivity contribution < 1.29 is 14.3 Å². The number of nitrogen functional groups attached to an aromatic ring is 1. The number of carbonyl (C=O) groups excluding carboxylic acids is 1. The van der Waals surface area contributed by atoms with Crippen molar-refractivity contribution in [2.45, 2.75) is 57.8 Å². The molecule has 2 N–H and O–H groups in total. The quantitative estimate of drug-likeness (QED) is 0.420. The van der Waals surface area contributed by atoms with E-state index in [1.165, 1.54) is 16.9 Å². The number of anilines is 3. The number of hydrogen-bond donors (Lipinski definition) is 1. The van der Waals surface area contributed by atoms with Gasteiger partial charge in [0.15, 0.2) is 0 Å². The normalized spacial score (nSPS) is 23.6. The molecule has 0 radical (unpaired) electrons. The van der Waals surface area contributed by atoms with E-state index in [1.54, 1.807) is 6.20 Å². The van der Waals surface area contributed by atoms with Crippen molar-refractivity contribution in [1.29, 1.82) is 0 Å². The van der Waals surface area contributed by atoms with Gasteiger partial charge in [-0.25, -0.2) is 4.79 Å². The molecule has 43 heavy (non-hydrogen) atoms. The lowest BCUT2D eigenvalue weighted by molar-refractivity contribution is -0.0295. The topological polar surface area (TPSA) is 87.4 Å². The molecular weight excluding hydrogens is 540 g/mol. The molecule has 3 aliphatic rings. The Morgan fingerprint density at radius 3 is 2.60 bits per heavy atom. The summed E-state index contributed by atoms with van der Waals surface area (Å²) >= 11 is 0. The fraction of sp³-hybridized carbons (Fsp3) is 0.529. The van der Waals surface area contributed by atoms with Crippen LogP contribution in [0.3, 0.4) is 0 Å². The fourth-order valence-corrected chi connectivity index (χ4v) is 6.81. The number of nitrogens with two attached hydrogens (primary N) is 1. The highest BCUT2D eigenvalue weighted by molar-refractivity contribution is 5.98. The van der Waals surface area contributed by atoms with Gasteiger partial charge in [-0.2, -0.15) is 0 Å². The van der Waals surface area contributed by atoms with Crippen LogP contribution in [-0.2, 0) is 9.47 Å². The number of aromatic nitrogens is 1. The van der Waals surface area contributed by atoms with Gasteiger partial charge in [-0.05, 0) is 88.5 Å². The summed E-state index contributed by atoms with van der Waals surface area (Å²) in [7, 11) is 0. The maximum Gasteiger partial charge on any atom is 0.410 e. The predicted molar refractivity (Wildman–Crippen MR) is 173 cm³/mol. The standard InChI is InChI=1S/C34H46N6O3/c1-24-20-40(31-11-10-30(35)32-29(31)9-6-13-36-32)23-28(42-24)22-37-14-12-26(21-37)25-7-5-8-27(19-25)38-15-17-39(18-16-38)33(41)43-34(2,3)4/h5-11,13,19,24,26,28H,12,14-18,20-23,35H2,1-4H3/t24-,26?,28+/m1/s1. The molecule has 1 unspecified atom stereocenters. The minimum atomic E-state index is -0.470. The van der Waals surface area contributed by atoms with Crippen LogP contribution in [0.5, 0.6) is 0 Å². The van der Waals surface area contributed by atoms with Gasteiger partial charge in [-0.1, -0.05) is 12.1 Å². The summed E-state index contributed by atoms with van der Waals surface area (Å²) in [6.07, 6.45) is 3.02. The number of likely N-dealkylation sites (tertiary alicyclic amines) is 1. The van der Waals surface area contributed by atoms with Crippen molar-refractivity contribution in [3.05, 3.63) is 60.3 Å². The molecule has 0 bridgehead atoms. The van der Waals surface area contributed by atoms with Crippen LogP contribution in [0.2, 0.25) is 0 Å². The Hall–Kier alpha value is -3.56. The molecular formula is C34H46N6O3. The van der Waals surface area contributed by atoms with E-state index >= 15 is 0 Å². The van der Waals surface area contributed by atoms with E-state index in [1.807, 2.05) is 37.8 Å². The van der Waals surface area contributed by atoms with E-state index in [9.17, 15) is 4.79 Å². The van der Waals surface area contributed by atoms with Crippen LogP contribution in [0.4, 0.5) is 21.9 Å². The van der Waals surface area contributed by atoms with Crippen LogP contribution in [0.25, 0.3) is 10.9 Å². The fourth-order valence-electron chi connectivity index (χ4n) is 6.81. The molecule has 2 aromatic carbocycles. The summed E-state index contributed by atoms with van der Waals surface area (Å²) in [5, 5.41) is 1.10. The van der Waals surface area contributed by atoms with Gasteiger partial charge < -0.3 is 34.8 Å². The van der Waals surface area contributed by atoms with Gasteiger partial charge in [-0.15, -0.1) is 0 Å². The minimum absolute atomic E-state index is 0.138. The Kier molecular flexibility index (Phi) is 8.38. The van der Waals surface area contributed by atoms with Crippen LogP contribution in [0.15, 0.2) is 54.7 Å². The highest BCUT2D eigenvalue weighted by atomic mass is 16.6. The second-order valence-electron chi connectivity index (χ2n) is 13.3. The van der Waals surface area contributed by atoms with E-state index in [4.69, 9.17) is 15.2 Å². The number of morpholine rings is 1. The monoisotopic (exact) mass is 586 g/mol. The molecule has 6 rings (SSSR count). The van der Waals surface area contributed by atoms with Crippen LogP contribution >= 0.6 is 0 Å². The van der Waals surface area contributed by atoms with Crippen molar-refractivity contribution in [2.24, 2.45) is 0 Å². The van der Waals surface area contributed by atoms with Crippen LogP contribution < -0.4 is 15.5 Å². The number of fused-ring (bicyclic) bond motifs is 1. The smallest absolute Gasteiger partial charge is 0.410 e. The summed E-state index contributed by atoms with van der Waals surface area (Å²) in [6.45, 7) is 15.6. The molecule has 9 heteroatoms. The van der Waals surface area contributed by atoms with Crippen molar-refractivity contribution in [1.82, 2.24) is 14.8 Å². The molecule has 0 aliphatic carbocycles. The molecule has 0 spiro atoms. The van der Waals surface area contributed by atoms with Crippen LogP contribution in [-0.4, -0.2) is 97.6 Å². The molecule has 4 heterocycles.